The zero-order chi connectivity index (χ0) is 12.0. The lowest BCUT2D eigenvalue weighted by Gasteiger charge is -2.34. The van der Waals surface area contributed by atoms with Crippen LogP contribution in [0.5, 0.6) is 0 Å². The van der Waals surface area contributed by atoms with Gasteiger partial charge < -0.3 is 15.1 Å². The molecule has 96 valence electrons. The van der Waals surface area contributed by atoms with Crippen LogP contribution >= 0.6 is 0 Å². The van der Waals surface area contributed by atoms with Gasteiger partial charge in [-0.05, 0) is 59.9 Å². The summed E-state index contributed by atoms with van der Waals surface area (Å²) in [6.07, 6.45) is 3.92. The van der Waals surface area contributed by atoms with Crippen LogP contribution in [0.15, 0.2) is 0 Å². The van der Waals surface area contributed by atoms with E-state index in [9.17, 15) is 0 Å². The first kappa shape index (κ1) is 13.9. The highest BCUT2D eigenvalue weighted by molar-refractivity contribution is 4.79. The normalized spacial score (nSPS) is 21.6. The molecule has 1 fully saturated rings. The molecule has 1 saturated heterocycles. The van der Waals surface area contributed by atoms with Crippen molar-refractivity contribution in [1.82, 2.24) is 15.1 Å². The zero-order valence-corrected chi connectivity index (χ0v) is 11.5. The lowest BCUT2D eigenvalue weighted by Crippen LogP contribution is -2.47. The monoisotopic (exact) mass is 227 g/mol. The van der Waals surface area contributed by atoms with Crippen LogP contribution in [-0.4, -0.2) is 62.2 Å². The van der Waals surface area contributed by atoms with Crippen LogP contribution in [0.1, 0.15) is 33.1 Å². The summed E-state index contributed by atoms with van der Waals surface area (Å²) in [4.78, 5) is 4.85. The van der Waals surface area contributed by atoms with Crippen LogP contribution in [0.2, 0.25) is 0 Å². The van der Waals surface area contributed by atoms with Crippen LogP contribution in [0.25, 0.3) is 0 Å². The Labute approximate surface area is 101 Å². The largest absolute Gasteiger partial charge is 0.310 e. The molecule has 1 aliphatic rings. The Kier molecular flexibility index (Phi) is 6.32. The van der Waals surface area contributed by atoms with E-state index in [2.05, 4.69) is 43.1 Å². The van der Waals surface area contributed by atoms with Gasteiger partial charge in [-0.1, -0.05) is 6.92 Å². The summed E-state index contributed by atoms with van der Waals surface area (Å²) in [6, 6.07) is 1.35. The minimum absolute atomic E-state index is 0.609. The summed E-state index contributed by atoms with van der Waals surface area (Å²) in [5, 5.41) is 3.74. The van der Waals surface area contributed by atoms with E-state index in [4.69, 9.17) is 0 Å². The third-order valence-corrected chi connectivity index (χ3v) is 3.29. The molecule has 1 unspecified atom stereocenters. The van der Waals surface area contributed by atoms with Gasteiger partial charge in [0.2, 0.25) is 0 Å². The number of nitrogens with one attached hydrogen (secondary N) is 1. The predicted molar refractivity (Wildman–Crippen MR) is 70.9 cm³/mol. The highest BCUT2D eigenvalue weighted by Gasteiger charge is 2.19. The van der Waals surface area contributed by atoms with Crippen LogP contribution in [0.4, 0.5) is 0 Å². The number of rotatable bonds is 6. The van der Waals surface area contributed by atoms with Crippen LogP contribution < -0.4 is 5.32 Å². The molecular weight excluding hydrogens is 198 g/mol. The summed E-state index contributed by atoms with van der Waals surface area (Å²) in [5.41, 5.74) is 0. The summed E-state index contributed by atoms with van der Waals surface area (Å²) >= 11 is 0. The number of likely N-dealkylation sites (tertiary alicyclic amines) is 1. The minimum Gasteiger partial charge on any atom is -0.310 e. The van der Waals surface area contributed by atoms with Gasteiger partial charge in [0.05, 0.1) is 0 Å². The van der Waals surface area contributed by atoms with Crippen molar-refractivity contribution in [3.05, 3.63) is 0 Å². The van der Waals surface area contributed by atoms with Crippen molar-refractivity contribution in [2.24, 2.45) is 0 Å². The highest BCUT2D eigenvalue weighted by Crippen LogP contribution is 2.11. The molecule has 1 aliphatic heterocycles. The second-order valence-corrected chi connectivity index (χ2v) is 5.45. The summed E-state index contributed by atoms with van der Waals surface area (Å²) in [5.74, 6) is 0. The molecule has 0 bridgehead atoms. The molecule has 0 aromatic rings. The third-order valence-electron chi connectivity index (χ3n) is 3.29. The number of hydrogen-bond acceptors (Lipinski definition) is 3. The molecule has 0 amide bonds. The van der Waals surface area contributed by atoms with E-state index in [0.717, 1.165) is 12.6 Å². The molecule has 0 aromatic heterocycles. The van der Waals surface area contributed by atoms with Crippen molar-refractivity contribution < 1.29 is 0 Å². The quantitative estimate of drug-likeness (QED) is 0.740. The molecule has 0 spiro atoms. The van der Waals surface area contributed by atoms with Crippen LogP contribution in [-0.2, 0) is 0 Å². The Bertz CT molecular complexity index is 174. The lowest BCUT2D eigenvalue weighted by molar-refractivity contribution is 0.187. The molecule has 1 rings (SSSR count). The highest BCUT2D eigenvalue weighted by atomic mass is 15.2. The minimum atomic E-state index is 0.609. The molecule has 0 aliphatic carbocycles. The molecule has 0 aromatic carbocycles. The topological polar surface area (TPSA) is 18.5 Å². The van der Waals surface area contributed by atoms with Crippen molar-refractivity contribution >= 4 is 0 Å². The van der Waals surface area contributed by atoms with Crippen molar-refractivity contribution in [2.75, 3.05) is 40.3 Å². The Balaban J connectivity index is 2.16. The maximum Gasteiger partial charge on any atom is 0.0169 e. The van der Waals surface area contributed by atoms with Gasteiger partial charge in [-0.3, -0.25) is 0 Å². The molecule has 16 heavy (non-hydrogen) atoms. The molecule has 3 heteroatoms. The number of likely N-dealkylation sites (N-methyl/N-ethyl adjacent to an activating group) is 1. The van der Waals surface area contributed by atoms with E-state index in [1.54, 1.807) is 0 Å². The molecule has 1 N–H and O–H groups in total. The average Bonchev–Trinajstić information content (AvgIpc) is 2.20. The summed E-state index contributed by atoms with van der Waals surface area (Å²) < 4.78 is 0. The lowest BCUT2D eigenvalue weighted by atomic mass is 10.0. The SMILES string of the molecule is CCCN1CCC(NC(C)CN(C)C)CC1. The zero-order valence-electron chi connectivity index (χ0n) is 11.5. The van der Waals surface area contributed by atoms with Gasteiger partial charge in [0.25, 0.3) is 0 Å². The molecular formula is C13H29N3. The smallest absolute Gasteiger partial charge is 0.0169 e. The van der Waals surface area contributed by atoms with Gasteiger partial charge in [-0.2, -0.15) is 0 Å². The average molecular weight is 227 g/mol. The fraction of sp³-hybridized carbons (Fsp3) is 1.00. The van der Waals surface area contributed by atoms with E-state index in [1.807, 2.05) is 0 Å². The third kappa shape index (κ3) is 5.28. The first-order chi connectivity index (χ1) is 7.61. The van der Waals surface area contributed by atoms with Crippen molar-refractivity contribution in [3.8, 4) is 0 Å². The number of nitrogens with zero attached hydrogens (tertiary/aromatic N) is 2. The molecule has 0 radical (unpaired) electrons. The summed E-state index contributed by atoms with van der Waals surface area (Å²) in [6.45, 7) is 9.53. The summed E-state index contributed by atoms with van der Waals surface area (Å²) in [7, 11) is 4.28. The van der Waals surface area contributed by atoms with E-state index in [1.165, 1.54) is 38.9 Å². The Morgan fingerprint density at radius 1 is 1.31 bits per heavy atom. The van der Waals surface area contributed by atoms with E-state index in [0.29, 0.717) is 6.04 Å². The van der Waals surface area contributed by atoms with Gasteiger partial charge in [-0.25, -0.2) is 0 Å². The Morgan fingerprint density at radius 3 is 2.44 bits per heavy atom. The maximum absolute atomic E-state index is 3.74. The van der Waals surface area contributed by atoms with E-state index in [-0.39, 0.29) is 0 Å². The van der Waals surface area contributed by atoms with E-state index >= 15 is 0 Å². The van der Waals surface area contributed by atoms with Crippen molar-refractivity contribution in [1.29, 1.82) is 0 Å². The fourth-order valence-corrected chi connectivity index (χ4v) is 2.64. The van der Waals surface area contributed by atoms with Crippen molar-refractivity contribution in [3.63, 3.8) is 0 Å². The van der Waals surface area contributed by atoms with Crippen LogP contribution in [0.3, 0.4) is 0 Å². The van der Waals surface area contributed by atoms with Gasteiger partial charge >= 0.3 is 0 Å². The number of hydrogen-bond donors (Lipinski definition) is 1. The first-order valence-electron chi connectivity index (χ1n) is 6.75. The molecule has 1 heterocycles. The fourth-order valence-electron chi connectivity index (χ4n) is 2.64. The van der Waals surface area contributed by atoms with Gasteiger partial charge in [-0.15, -0.1) is 0 Å². The molecule has 3 nitrogen and oxygen atoms in total. The maximum atomic E-state index is 3.74. The number of piperidine rings is 1. The van der Waals surface area contributed by atoms with Gasteiger partial charge in [0, 0.05) is 18.6 Å². The standard InChI is InChI=1S/C13H29N3/c1-5-8-16-9-6-13(7-10-16)14-12(2)11-15(3)4/h12-14H,5-11H2,1-4H3. The second-order valence-electron chi connectivity index (χ2n) is 5.45. The Hall–Kier alpha value is -0.120. The van der Waals surface area contributed by atoms with Gasteiger partial charge in [0.15, 0.2) is 0 Å². The predicted octanol–water partition coefficient (Wildman–Crippen LogP) is 1.40. The molecule has 0 saturated carbocycles. The van der Waals surface area contributed by atoms with Crippen molar-refractivity contribution in [2.45, 2.75) is 45.2 Å². The second kappa shape index (κ2) is 7.25. The molecule has 1 atom stereocenters. The first-order valence-corrected chi connectivity index (χ1v) is 6.75. The van der Waals surface area contributed by atoms with Gasteiger partial charge in [0.1, 0.15) is 0 Å². The Morgan fingerprint density at radius 2 is 1.94 bits per heavy atom. The van der Waals surface area contributed by atoms with Crippen LogP contribution in [0, 0.1) is 0 Å². The van der Waals surface area contributed by atoms with E-state index < -0.39 is 0 Å².